The topological polar surface area (TPSA) is 61.8 Å². The fourth-order valence-corrected chi connectivity index (χ4v) is 3.91. The maximum atomic E-state index is 11.0. The van der Waals surface area contributed by atoms with Crippen LogP contribution in [-0.2, 0) is 9.53 Å². The highest BCUT2D eigenvalue weighted by Crippen LogP contribution is 2.33. The molecule has 2 aromatic rings. The van der Waals surface area contributed by atoms with E-state index in [-0.39, 0.29) is 12.4 Å². The zero-order chi connectivity index (χ0) is 19.1. The first-order valence-electron chi connectivity index (χ1n) is 8.93. The lowest BCUT2D eigenvalue weighted by atomic mass is 10.2. The number of aliphatic carboxylic acids is 1. The molecule has 0 spiro atoms. The third kappa shape index (κ3) is 5.20. The second-order valence-electron chi connectivity index (χ2n) is 5.95. The Bertz CT molecular complexity index is 804. The Morgan fingerprint density at radius 3 is 2.74 bits per heavy atom. The number of benzene rings is 2. The molecule has 0 unspecified atom stereocenters. The molecule has 0 saturated carbocycles. The minimum atomic E-state index is -1.32. The first kappa shape index (κ1) is 19.2. The molecule has 0 aromatic heterocycles. The van der Waals surface area contributed by atoms with Crippen molar-refractivity contribution in [2.45, 2.75) is 11.8 Å². The first-order chi connectivity index (χ1) is 13.2. The van der Waals surface area contributed by atoms with Crippen molar-refractivity contribution in [1.82, 2.24) is 0 Å². The smallest absolute Gasteiger partial charge is 0.142 e. The molecule has 0 fully saturated rings. The maximum absolute atomic E-state index is 11.0. The van der Waals surface area contributed by atoms with E-state index in [4.69, 9.17) is 9.47 Å². The Balaban J connectivity index is 1.55. The van der Waals surface area contributed by atoms with E-state index in [0.717, 1.165) is 30.2 Å². The molecule has 0 N–H and O–H groups in total. The number of carbonyl (C=O) groups excluding carboxylic acids is 1. The highest BCUT2D eigenvalue weighted by atomic mass is 32.2. The molecule has 0 bridgehead atoms. The summed E-state index contributed by atoms with van der Waals surface area (Å²) in [6, 6.07) is 15.7. The SMILES string of the molecule is CCO/C(=C\c1ccc(OCCN2CCSc3ccccc32)cc1)C(=O)[O-]. The molecule has 1 aliphatic rings. The van der Waals surface area contributed by atoms with E-state index in [1.54, 1.807) is 19.1 Å². The number of hydrogen-bond acceptors (Lipinski definition) is 6. The number of rotatable bonds is 8. The number of para-hydroxylation sites is 1. The van der Waals surface area contributed by atoms with Crippen molar-refractivity contribution in [3.8, 4) is 5.75 Å². The van der Waals surface area contributed by atoms with Gasteiger partial charge in [0.1, 0.15) is 24.1 Å². The number of ether oxygens (including phenoxy) is 2. The predicted octanol–water partition coefficient (Wildman–Crippen LogP) is 2.81. The van der Waals surface area contributed by atoms with Crippen LogP contribution in [0.1, 0.15) is 12.5 Å². The van der Waals surface area contributed by atoms with Gasteiger partial charge in [0.15, 0.2) is 0 Å². The normalized spacial score (nSPS) is 13.8. The van der Waals surface area contributed by atoms with Gasteiger partial charge >= 0.3 is 0 Å². The van der Waals surface area contributed by atoms with E-state index in [1.165, 1.54) is 16.7 Å². The van der Waals surface area contributed by atoms with Crippen LogP contribution in [0.4, 0.5) is 5.69 Å². The van der Waals surface area contributed by atoms with Gasteiger partial charge in [-0.25, -0.2) is 0 Å². The van der Waals surface area contributed by atoms with E-state index in [1.807, 2.05) is 23.9 Å². The average Bonchev–Trinajstić information content (AvgIpc) is 2.69. The van der Waals surface area contributed by atoms with E-state index < -0.39 is 5.97 Å². The minimum Gasteiger partial charge on any atom is -0.542 e. The van der Waals surface area contributed by atoms with Gasteiger partial charge < -0.3 is 24.3 Å². The van der Waals surface area contributed by atoms with Crippen molar-refractivity contribution >= 4 is 29.5 Å². The number of fused-ring (bicyclic) bond motifs is 1. The van der Waals surface area contributed by atoms with Gasteiger partial charge in [-0.15, -0.1) is 11.8 Å². The number of carbonyl (C=O) groups is 1. The number of anilines is 1. The van der Waals surface area contributed by atoms with Gasteiger partial charge in [-0.2, -0.15) is 0 Å². The standard InChI is InChI=1S/C21H23NO4S/c1-2-25-19(21(23)24)15-16-7-9-17(10-8-16)26-13-11-22-12-14-27-20-6-4-3-5-18(20)22/h3-10,15H,2,11-14H2,1H3,(H,23,24)/p-1/b19-15-. The molecule has 0 aliphatic carbocycles. The molecule has 0 amide bonds. The largest absolute Gasteiger partial charge is 0.542 e. The lowest BCUT2D eigenvalue weighted by Gasteiger charge is -2.30. The van der Waals surface area contributed by atoms with Crippen molar-refractivity contribution in [2.24, 2.45) is 0 Å². The Morgan fingerprint density at radius 1 is 1.22 bits per heavy atom. The Morgan fingerprint density at radius 2 is 2.00 bits per heavy atom. The van der Waals surface area contributed by atoms with E-state index in [9.17, 15) is 9.90 Å². The summed E-state index contributed by atoms with van der Waals surface area (Å²) < 4.78 is 10.9. The Hall–Kier alpha value is -2.60. The summed E-state index contributed by atoms with van der Waals surface area (Å²) in [6.45, 7) is 4.42. The molecule has 2 aromatic carbocycles. The molecule has 142 valence electrons. The summed E-state index contributed by atoms with van der Waals surface area (Å²) in [5.74, 6) is 0.335. The van der Waals surface area contributed by atoms with Crippen LogP contribution in [0.3, 0.4) is 0 Å². The first-order valence-corrected chi connectivity index (χ1v) is 9.91. The molecular formula is C21H22NO4S-. The van der Waals surface area contributed by atoms with Gasteiger partial charge in [0.2, 0.25) is 0 Å². The summed E-state index contributed by atoms with van der Waals surface area (Å²) in [7, 11) is 0. The summed E-state index contributed by atoms with van der Waals surface area (Å²) in [4.78, 5) is 14.7. The Labute approximate surface area is 163 Å². The summed E-state index contributed by atoms with van der Waals surface area (Å²) in [6.07, 6.45) is 1.45. The van der Waals surface area contributed by atoms with Crippen LogP contribution in [0.5, 0.6) is 5.75 Å². The van der Waals surface area contributed by atoms with Crippen LogP contribution in [0.25, 0.3) is 6.08 Å². The lowest BCUT2D eigenvalue weighted by Crippen LogP contribution is -2.33. The van der Waals surface area contributed by atoms with E-state index in [0.29, 0.717) is 6.61 Å². The third-order valence-corrected chi connectivity index (χ3v) is 5.18. The van der Waals surface area contributed by atoms with Crippen molar-refractivity contribution in [1.29, 1.82) is 0 Å². The zero-order valence-corrected chi connectivity index (χ0v) is 16.0. The number of hydrogen-bond donors (Lipinski definition) is 0. The fourth-order valence-electron chi connectivity index (χ4n) is 2.86. The molecule has 5 nitrogen and oxygen atoms in total. The molecule has 1 heterocycles. The van der Waals surface area contributed by atoms with Crippen LogP contribution < -0.4 is 14.7 Å². The minimum absolute atomic E-state index is 0.173. The van der Waals surface area contributed by atoms with Crippen LogP contribution in [0.2, 0.25) is 0 Å². The average molecular weight is 384 g/mol. The molecule has 0 saturated heterocycles. The summed E-state index contributed by atoms with van der Waals surface area (Å²) >= 11 is 1.89. The number of thioether (sulfide) groups is 1. The number of nitrogens with zero attached hydrogens (tertiary/aromatic N) is 1. The van der Waals surface area contributed by atoms with Crippen LogP contribution >= 0.6 is 11.8 Å². The van der Waals surface area contributed by atoms with Gasteiger partial charge in [-0.1, -0.05) is 24.3 Å². The van der Waals surface area contributed by atoms with Gasteiger partial charge in [0.25, 0.3) is 0 Å². The summed E-state index contributed by atoms with van der Waals surface area (Å²) in [5, 5.41) is 11.0. The molecular weight excluding hydrogens is 362 g/mol. The number of carboxylic acid groups (broad SMARTS) is 1. The van der Waals surface area contributed by atoms with Crippen LogP contribution in [-0.4, -0.2) is 38.0 Å². The highest BCUT2D eigenvalue weighted by molar-refractivity contribution is 7.99. The van der Waals surface area contributed by atoms with Crippen LogP contribution in [0, 0.1) is 0 Å². The van der Waals surface area contributed by atoms with Gasteiger partial charge in [0.05, 0.1) is 18.8 Å². The number of carboxylic acids is 1. The van der Waals surface area contributed by atoms with Gasteiger partial charge in [0, 0.05) is 17.2 Å². The van der Waals surface area contributed by atoms with Crippen LogP contribution in [0.15, 0.2) is 59.2 Å². The Kier molecular flexibility index (Phi) is 6.65. The van der Waals surface area contributed by atoms with Crippen molar-refractivity contribution in [3.05, 3.63) is 59.9 Å². The van der Waals surface area contributed by atoms with Gasteiger partial charge in [-0.3, -0.25) is 0 Å². The second-order valence-corrected chi connectivity index (χ2v) is 7.09. The zero-order valence-electron chi connectivity index (χ0n) is 15.2. The quantitative estimate of drug-likeness (QED) is 0.515. The van der Waals surface area contributed by atoms with Gasteiger partial charge in [-0.05, 0) is 42.8 Å². The molecule has 0 atom stereocenters. The third-order valence-electron chi connectivity index (χ3n) is 4.13. The maximum Gasteiger partial charge on any atom is 0.142 e. The second kappa shape index (κ2) is 9.37. The van der Waals surface area contributed by atoms with Crippen molar-refractivity contribution in [3.63, 3.8) is 0 Å². The van der Waals surface area contributed by atoms with E-state index >= 15 is 0 Å². The highest BCUT2D eigenvalue weighted by Gasteiger charge is 2.16. The molecule has 0 radical (unpaired) electrons. The van der Waals surface area contributed by atoms with Crippen molar-refractivity contribution < 1.29 is 19.4 Å². The molecule has 3 rings (SSSR count). The molecule has 1 aliphatic heterocycles. The molecule has 6 heteroatoms. The molecule has 27 heavy (non-hydrogen) atoms. The fraction of sp³-hybridized carbons (Fsp3) is 0.286. The van der Waals surface area contributed by atoms with E-state index in [2.05, 4.69) is 29.2 Å². The monoisotopic (exact) mass is 384 g/mol. The summed E-state index contributed by atoms with van der Waals surface area (Å²) in [5.41, 5.74) is 1.99. The van der Waals surface area contributed by atoms with Crippen molar-refractivity contribution in [2.75, 3.05) is 37.0 Å². The predicted molar refractivity (Wildman–Crippen MR) is 106 cm³/mol. The lowest BCUT2D eigenvalue weighted by molar-refractivity contribution is -0.303.